The fraction of sp³-hybridized carbons (Fsp3) is 0.360. The monoisotopic (exact) mass is 418 g/mol. The number of benzene rings is 2. The van der Waals surface area contributed by atoms with Gasteiger partial charge in [-0.05, 0) is 49.9 Å². The summed E-state index contributed by atoms with van der Waals surface area (Å²) >= 11 is 0. The number of carbonyl (C=O) groups excluding carboxylic acids is 2. The number of aromatic amines is 1. The van der Waals surface area contributed by atoms with Crippen LogP contribution in [-0.2, 0) is 11.2 Å². The minimum atomic E-state index is -0.217. The maximum atomic E-state index is 12.3. The van der Waals surface area contributed by atoms with Crippen molar-refractivity contribution in [3.63, 3.8) is 0 Å². The van der Waals surface area contributed by atoms with Crippen LogP contribution in [0.1, 0.15) is 34.3 Å². The topological polar surface area (TPSA) is 77.2 Å². The van der Waals surface area contributed by atoms with Crippen molar-refractivity contribution < 1.29 is 9.59 Å². The van der Waals surface area contributed by atoms with Gasteiger partial charge in [-0.3, -0.25) is 9.59 Å². The average Bonchev–Trinajstić information content (AvgIpc) is 3.20. The summed E-state index contributed by atoms with van der Waals surface area (Å²) in [5.41, 5.74) is 4.15. The highest BCUT2D eigenvalue weighted by molar-refractivity contribution is 5.96. The summed E-state index contributed by atoms with van der Waals surface area (Å²) in [5, 5.41) is 7.08. The Balaban J connectivity index is 1.17. The van der Waals surface area contributed by atoms with Crippen molar-refractivity contribution in [2.75, 3.05) is 26.2 Å². The van der Waals surface area contributed by atoms with Crippen molar-refractivity contribution in [1.82, 2.24) is 20.5 Å². The summed E-state index contributed by atoms with van der Waals surface area (Å²) < 4.78 is 0. The maximum absolute atomic E-state index is 12.3. The van der Waals surface area contributed by atoms with Gasteiger partial charge in [0.05, 0.1) is 6.54 Å². The Morgan fingerprint density at radius 3 is 2.71 bits per heavy atom. The Bertz CT molecular complexity index is 1050. The predicted molar refractivity (Wildman–Crippen MR) is 123 cm³/mol. The number of likely N-dealkylation sites (tertiary alicyclic amines) is 1. The lowest BCUT2D eigenvalue weighted by Gasteiger charge is -2.32. The van der Waals surface area contributed by atoms with Crippen LogP contribution in [0.5, 0.6) is 0 Å². The number of hydrogen-bond acceptors (Lipinski definition) is 3. The van der Waals surface area contributed by atoms with Gasteiger partial charge in [-0.2, -0.15) is 0 Å². The minimum absolute atomic E-state index is 0.00749. The molecule has 0 saturated carbocycles. The highest BCUT2D eigenvalue weighted by atomic mass is 16.2. The molecule has 4 rings (SSSR count). The smallest absolute Gasteiger partial charge is 0.251 e. The number of carbonyl (C=O) groups is 2. The van der Waals surface area contributed by atoms with Crippen LogP contribution in [0.4, 0.5) is 0 Å². The van der Waals surface area contributed by atoms with E-state index < -0.39 is 0 Å². The van der Waals surface area contributed by atoms with Crippen molar-refractivity contribution >= 4 is 22.7 Å². The molecule has 0 bridgehead atoms. The number of H-pyrrole nitrogens is 1. The first kappa shape index (κ1) is 21.1. The molecule has 6 nitrogen and oxygen atoms in total. The number of hydrogen-bond donors (Lipinski definition) is 3. The Labute approximate surface area is 183 Å². The van der Waals surface area contributed by atoms with Crippen LogP contribution in [0.25, 0.3) is 10.9 Å². The van der Waals surface area contributed by atoms with E-state index in [0.717, 1.165) is 44.5 Å². The standard InChI is InChI=1S/C25H30N4O2/c1-18-5-4-6-19(15-18)25(31)27-17-24(30)28-21-10-13-29(14-11-21)12-9-20-16-26-23-8-3-2-7-22(20)23/h2-8,15-16,21,26H,9-14,17H2,1H3,(H,27,31)(H,28,30). The third kappa shape index (κ3) is 5.52. The Kier molecular flexibility index (Phi) is 6.67. The molecular weight excluding hydrogens is 388 g/mol. The largest absolute Gasteiger partial charge is 0.361 e. The SMILES string of the molecule is Cc1cccc(C(=O)NCC(=O)NC2CCN(CCc3c[nH]c4ccccc34)CC2)c1. The quantitative estimate of drug-likeness (QED) is 0.552. The third-order valence-corrected chi connectivity index (χ3v) is 6.01. The third-order valence-electron chi connectivity index (χ3n) is 6.01. The van der Waals surface area contributed by atoms with E-state index in [-0.39, 0.29) is 24.4 Å². The first-order valence-electron chi connectivity index (χ1n) is 11.0. The van der Waals surface area contributed by atoms with Gasteiger partial charge in [-0.1, -0.05) is 35.9 Å². The van der Waals surface area contributed by atoms with Crippen LogP contribution in [0.15, 0.2) is 54.7 Å². The van der Waals surface area contributed by atoms with Crippen molar-refractivity contribution in [3.8, 4) is 0 Å². The molecule has 1 saturated heterocycles. The fourth-order valence-electron chi connectivity index (χ4n) is 4.25. The first-order chi connectivity index (χ1) is 15.1. The van der Waals surface area contributed by atoms with E-state index in [2.05, 4.69) is 51.0 Å². The Morgan fingerprint density at radius 2 is 1.90 bits per heavy atom. The zero-order valence-electron chi connectivity index (χ0n) is 18.0. The van der Waals surface area contributed by atoms with Crippen molar-refractivity contribution in [2.45, 2.75) is 32.2 Å². The van der Waals surface area contributed by atoms with Crippen molar-refractivity contribution in [1.29, 1.82) is 0 Å². The summed E-state index contributed by atoms with van der Waals surface area (Å²) in [6.07, 6.45) is 5.01. The molecule has 1 aromatic heterocycles. The lowest BCUT2D eigenvalue weighted by atomic mass is 10.0. The van der Waals surface area contributed by atoms with Gasteiger partial charge in [-0.25, -0.2) is 0 Å². The first-order valence-corrected chi connectivity index (χ1v) is 11.0. The highest BCUT2D eigenvalue weighted by Crippen LogP contribution is 2.19. The van der Waals surface area contributed by atoms with Gasteiger partial charge in [0.1, 0.15) is 0 Å². The van der Waals surface area contributed by atoms with E-state index in [1.165, 1.54) is 16.5 Å². The van der Waals surface area contributed by atoms with E-state index in [4.69, 9.17) is 0 Å². The molecule has 162 valence electrons. The van der Waals surface area contributed by atoms with Gasteiger partial charge >= 0.3 is 0 Å². The molecule has 0 radical (unpaired) electrons. The molecule has 6 heteroatoms. The number of aryl methyl sites for hydroxylation is 1. The molecule has 3 N–H and O–H groups in total. The van der Waals surface area contributed by atoms with Crippen molar-refractivity contribution in [3.05, 3.63) is 71.4 Å². The summed E-state index contributed by atoms with van der Waals surface area (Å²) in [4.78, 5) is 30.2. The number of nitrogens with zero attached hydrogens (tertiary/aromatic N) is 1. The number of fused-ring (bicyclic) bond motifs is 1. The second-order valence-electron chi connectivity index (χ2n) is 8.35. The number of aromatic nitrogens is 1. The number of amides is 2. The molecule has 31 heavy (non-hydrogen) atoms. The van der Waals surface area contributed by atoms with Crippen LogP contribution in [-0.4, -0.2) is 53.9 Å². The molecule has 2 amide bonds. The van der Waals surface area contributed by atoms with Gasteiger partial charge in [0.2, 0.25) is 5.91 Å². The lowest BCUT2D eigenvalue weighted by molar-refractivity contribution is -0.121. The van der Waals surface area contributed by atoms with Crippen LogP contribution >= 0.6 is 0 Å². The van der Waals surface area contributed by atoms with Gasteiger partial charge in [0, 0.05) is 48.3 Å². The van der Waals surface area contributed by atoms with Gasteiger partial charge in [-0.15, -0.1) is 0 Å². The summed E-state index contributed by atoms with van der Waals surface area (Å²) in [6, 6.07) is 15.9. The molecule has 0 atom stereocenters. The molecule has 1 aliphatic rings. The van der Waals surface area contributed by atoms with Crippen LogP contribution < -0.4 is 10.6 Å². The summed E-state index contributed by atoms with van der Waals surface area (Å²) in [7, 11) is 0. The summed E-state index contributed by atoms with van der Waals surface area (Å²) in [5.74, 6) is -0.343. The second-order valence-corrected chi connectivity index (χ2v) is 8.35. The average molecular weight is 419 g/mol. The van der Waals surface area contributed by atoms with Gasteiger partial charge in [0.15, 0.2) is 0 Å². The molecule has 0 aliphatic carbocycles. The molecule has 1 fully saturated rings. The molecule has 1 aliphatic heterocycles. The van der Waals surface area contributed by atoms with E-state index >= 15 is 0 Å². The molecule has 0 spiro atoms. The molecule has 3 aromatic rings. The fourth-order valence-corrected chi connectivity index (χ4v) is 4.25. The number of rotatable bonds is 7. The second kappa shape index (κ2) is 9.79. The van der Waals surface area contributed by atoms with E-state index in [1.807, 2.05) is 25.1 Å². The molecule has 2 aromatic carbocycles. The summed E-state index contributed by atoms with van der Waals surface area (Å²) in [6.45, 7) is 4.92. The highest BCUT2D eigenvalue weighted by Gasteiger charge is 2.21. The molecular formula is C25H30N4O2. The van der Waals surface area contributed by atoms with E-state index in [9.17, 15) is 9.59 Å². The van der Waals surface area contributed by atoms with Gasteiger partial charge in [0.25, 0.3) is 5.91 Å². The normalized spacial score (nSPS) is 15.1. The predicted octanol–water partition coefficient (Wildman–Crippen LogP) is 3.03. The van der Waals surface area contributed by atoms with E-state index in [0.29, 0.717) is 5.56 Å². The molecule has 2 heterocycles. The van der Waals surface area contributed by atoms with Crippen LogP contribution in [0.3, 0.4) is 0 Å². The molecule has 0 unspecified atom stereocenters. The number of piperidine rings is 1. The maximum Gasteiger partial charge on any atom is 0.251 e. The zero-order valence-corrected chi connectivity index (χ0v) is 18.0. The van der Waals surface area contributed by atoms with Crippen LogP contribution in [0, 0.1) is 6.92 Å². The van der Waals surface area contributed by atoms with Gasteiger partial charge < -0.3 is 20.5 Å². The van der Waals surface area contributed by atoms with Crippen LogP contribution in [0.2, 0.25) is 0 Å². The zero-order chi connectivity index (χ0) is 21.6. The number of nitrogens with one attached hydrogen (secondary N) is 3. The lowest BCUT2D eigenvalue weighted by Crippen LogP contribution is -2.47. The van der Waals surface area contributed by atoms with Crippen molar-refractivity contribution in [2.24, 2.45) is 0 Å². The Hall–Kier alpha value is -3.12. The Morgan fingerprint density at radius 1 is 1.10 bits per heavy atom. The van der Waals surface area contributed by atoms with E-state index in [1.54, 1.807) is 6.07 Å². The minimum Gasteiger partial charge on any atom is -0.361 e. The number of para-hydroxylation sites is 1.